The standard InChI is InChI=1S/C22H25BO4/c1-20(2)21(3,4)27-23(26-20)18-11-7-16(8-12-18)15-5-9-17(10-6-15)22(13-14-22)19(24)25/h5-12H,13-14H2,1-4H3,(H,24,25). The molecular weight excluding hydrogens is 339 g/mol. The van der Waals surface area contributed by atoms with Crippen molar-refractivity contribution in [1.29, 1.82) is 0 Å². The SMILES string of the molecule is CC1(C)OB(c2ccc(-c3ccc(C4(C(=O)O)CC4)cc3)cc2)OC1(C)C. The highest BCUT2D eigenvalue weighted by atomic mass is 16.7. The van der Waals surface area contributed by atoms with Crippen LogP contribution in [0, 0.1) is 0 Å². The van der Waals surface area contributed by atoms with Gasteiger partial charge in [-0.1, -0.05) is 48.5 Å². The topological polar surface area (TPSA) is 55.8 Å². The summed E-state index contributed by atoms with van der Waals surface area (Å²) in [4.78, 5) is 11.5. The van der Waals surface area contributed by atoms with E-state index in [1.165, 1.54) is 0 Å². The van der Waals surface area contributed by atoms with Crippen LogP contribution in [0.5, 0.6) is 0 Å². The van der Waals surface area contributed by atoms with Crippen LogP contribution in [0.4, 0.5) is 0 Å². The van der Waals surface area contributed by atoms with Crippen LogP contribution in [0.25, 0.3) is 11.1 Å². The second-order valence-electron chi connectivity index (χ2n) is 8.67. The van der Waals surface area contributed by atoms with Gasteiger partial charge in [0.25, 0.3) is 0 Å². The number of benzene rings is 2. The zero-order valence-corrected chi connectivity index (χ0v) is 16.3. The smallest absolute Gasteiger partial charge is 0.481 e. The van der Waals surface area contributed by atoms with Crippen LogP contribution in [0.3, 0.4) is 0 Å². The van der Waals surface area contributed by atoms with Crippen molar-refractivity contribution < 1.29 is 19.2 Å². The Balaban J connectivity index is 1.53. The molecule has 27 heavy (non-hydrogen) atoms. The molecule has 2 fully saturated rings. The highest BCUT2D eigenvalue weighted by Crippen LogP contribution is 2.48. The molecule has 1 saturated carbocycles. The first-order valence-electron chi connectivity index (χ1n) is 9.45. The van der Waals surface area contributed by atoms with E-state index in [0.717, 1.165) is 35.0 Å². The summed E-state index contributed by atoms with van der Waals surface area (Å²) in [6.07, 6.45) is 1.45. The molecule has 2 aromatic carbocycles. The Morgan fingerprint density at radius 2 is 1.30 bits per heavy atom. The first-order valence-corrected chi connectivity index (χ1v) is 9.45. The van der Waals surface area contributed by atoms with Gasteiger partial charge >= 0.3 is 13.1 Å². The molecule has 1 aliphatic carbocycles. The number of hydrogen-bond acceptors (Lipinski definition) is 3. The van der Waals surface area contributed by atoms with Gasteiger partial charge in [0, 0.05) is 0 Å². The van der Waals surface area contributed by atoms with E-state index in [9.17, 15) is 9.90 Å². The van der Waals surface area contributed by atoms with E-state index in [1.807, 2.05) is 64.1 Å². The molecule has 1 N–H and O–H groups in total. The second-order valence-corrected chi connectivity index (χ2v) is 8.67. The molecule has 140 valence electrons. The lowest BCUT2D eigenvalue weighted by Crippen LogP contribution is -2.41. The molecule has 0 spiro atoms. The van der Waals surface area contributed by atoms with E-state index in [4.69, 9.17) is 9.31 Å². The lowest BCUT2D eigenvalue weighted by Gasteiger charge is -2.32. The summed E-state index contributed by atoms with van der Waals surface area (Å²) in [6.45, 7) is 8.19. The van der Waals surface area contributed by atoms with Gasteiger partial charge in [0.2, 0.25) is 0 Å². The maximum Gasteiger partial charge on any atom is 0.494 e. The molecule has 0 radical (unpaired) electrons. The van der Waals surface area contributed by atoms with E-state index in [0.29, 0.717) is 0 Å². The Morgan fingerprint density at radius 1 is 0.852 bits per heavy atom. The van der Waals surface area contributed by atoms with Crippen LogP contribution in [0.1, 0.15) is 46.1 Å². The zero-order chi connectivity index (χ0) is 19.4. The van der Waals surface area contributed by atoms with E-state index in [-0.39, 0.29) is 18.3 Å². The fourth-order valence-electron chi connectivity index (χ4n) is 3.54. The minimum absolute atomic E-state index is 0.352. The summed E-state index contributed by atoms with van der Waals surface area (Å²) < 4.78 is 12.2. The van der Waals surface area contributed by atoms with Crippen molar-refractivity contribution in [3.63, 3.8) is 0 Å². The Morgan fingerprint density at radius 3 is 1.70 bits per heavy atom. The molecule has 4 rings (SSSR count). The van der Waals surface area contributed by atoms with Gasteiger partial charge in [0.05, 0.1) is 16.6 Å². The summed E-state index contributed by atoms with van der Waals surface area (Å²) in [5, 5.41) is 9.43. The van der Waals surface area contributed by atoms with Gasteiger partial charge in [-0.2, -0.15) is 0 Å². The molecule has 5 heteroatoms. The third-order valence-corrected chi connectivity index (χ3v) is 6.37. The molecule has 2 aromatic rings. The Hall–Kier alpha value is -2.11. The average molecular weight is 364 g/mol. The van der Waals surface area contributed by atoms with Crippen molar-refractivity contribution in [2.75, 3.05) is 0 Å². The van der Waals surface area contributed by atoms with Crippen LogP contribution < -0.4 is 5.46 Å². The molecule has 0 bridgehead atoms. The highest BCUT2D eigenvalue weighted by Gasteiger charge is 2.52. The van der Waals surface area contributed by atoms with Gasteiger partial charge < -0.3 is 14.4 Å². The summed E-state index contributed by atoms with van der Waals surface area (Å²) in [6, 6.07) is 16.1. The average Bonchev–Trinajstić information content (AvgIpc) is 3.39. The lowest BCUT2D eigenvalue weighted by atomic mass is 9.78. The fraction of sp³-hybridized carbons (Fsp3) is 0.409. The minimum Gasteiger partial charge on any atom is -0.481 e. The number of carbonyl (C=O) groups is 1. The molecule has 1 heterocycles. The molecule has 1 saturated heterocycles. The lowest BCUT2D eigenvalue weighted by molar-refractivity contribution is -0.140. The highest BCUT2D eigenvalue weighted by molar-refractivity contribution is 6.62. The summed E-state index contributed by atoms with van der Waals surface area (Å²) in [5.41, 5.74) is 2.69. The largest absolute Gasteiger partial charge is 0.494 e. The van der Waals surface area contributed by atoms with Gasteiger partial charge in [-0.25, -0.2) is 0 Å². The van der Waals surface area contributed by atoms with Gasteiger partial charge in [0.15, 0.2) is 0 Å². The first kappa shape index (κ1) is 18.3. The maximum atomic E-state index is 11.5. The van der Waals surface area contributed by atoms with Crippen LogP contribution in [-0.4, -0.2) is 29.4 Å². The Labute approximate surface area is 160 Å². The summed E-state index contributed by atoms with van der Waals surface area (Å²) in [5.74, 6) is -0.720. The zero-order valence-electron chi connectivity index (χ0n) is 16.3. The van der Waals surface area contributed by atoms with E-state index >= 15 is 0 Å². The summed E-state index contributed by atoms with van der Waals surface area (Å²) >= 11 is 0. The second kappa shape index (κ2) is 5.95. The van der Waals surface area contributed by atoms with Crippen LogP contribution in [0.15, 0.2) is 48.5 Å². The number of hydrogen-bond donors (Lipinski definition) is 1. The van der Waals surface area contributed by atoms with Crippen LogP contribution in [-0.2, 0) is 19.5 Å². The van der Waals surface area contributed by atoms with E-state index in [2.05, 4.69) is 12.1 Å². The number of aliphatic carboxylic acids is 1. The normalized spacial score (nSPS) is 21.9. The van der Waals surface area contributed by atoms with Gasteiger partial charge in [-0.3, -0.25) is 4.79 Å². The predicted octanol–water partition coefficient (Wildman–Crippen LogP) is 3.77. The van der Waals surface area contributed by atoms with Crippen molar-refractivity contribution in [3.8, 4) is 11.1 Å². The number of rotatable bonds is 4. The van der Waals surface area contributed by atoms with Crippen molar-refractivity contribution >= 4 is 18.6 Å². The molecule has 2 aliphatic rings. The van der Waals surface area contributed by atoms with E-state index < -0.39 is 11.4 Å². The third-order valence-electron chi connectivity index (χ3n) is 6.37. The van der Waals surface area contributed by atoms with Crippen molar-refractivity contribution in [2.24, 2.45) is 0 Å². The Kier molecular flexibility index (Phi) is 4.02. The van der Waals surface area contributed by atoms with Crippen molar-refractivity contribution in [1.82, 2.24) is 0 Å². The fourth-order valence-corrected chi connectivity index (χ4v) is 3.54. The Bertz CT molecular complexity index is 848. The first-order chi connectivity index (χ1) is 12.6. The van der Waals surface area contributed by atoms with Crippen molar-refractivity contribution in [3.05, 3.63) is 54.1 Å². The predicted molar refractivity (Wildman–Crippen MR) is 106 cm³/mol. The van der Waals surface area contributed by atoms with Gasteiger partial charge in [-0.15, -0.1) is 0 Å². The van der Waals surface area contributed by atoms with E-state index in [1.54, 1.807) is 0 Å². The number of carboxylic acids is 1. The van der Waals surface area contributed by atoms with Gasteiger partial charge in [0.1, 0.15) is 0 Å². The molecule has 4 nitrogen and oxygen atoms in total. The monoisotopic (exact) mass is 364 g/mol. The minimum atomic E-state index is -0.720. The third kappa shape index (κ3) is 2.99. The van der Waals surface area contributed by atoms with Gasteiger partial charge in [-0.05, 0) is 62.7 Å². The molecule has 1 aliphatic heterocycles. The maximum absolute atomic E-state index is 11.5. The molecule has 0 aromatic heterocycles. The van der Waals surface area contributed by atoms with Crippen LogP contribution in [0.2, 0.25) is 0 Å². The molecular formula is C22H25BO4. The molecule has 0 atom stereocenters. The van der Waals surface area contributed by atoms with Crippen molar-refractivity contribution in [2.45, 2.75) is 57.2 Å². The molecule has 0 unspecified atom stereocenters. The summed E-state index contributed by atoms with van der Waals surface area (Å²) in [7, 11) is -0.364. The molecule has 0 amide bonds. The number of carboxylic acid groups (broad SMARTS) is 1. The quantitative estimate of drug-likeness (QED) is 0.840. The van der Waals surface area contributed by atoms with Crippen LogP contribution >= 0.6 is 0 Å².